The number of amides is 1. The normalized spacial score (nSPS) is 31.3. The van der Waals surface area contributed by atoms with Gasteiger partial charge in [-0.2, -0.15) is 0 Å². The SMILES string of the molecule is CCC1CN(C(=O)C[C@@H]2CCC[C@H]2N)CCC1c1ccccc1. The van der Waals surface area contributed by atoms with Crippen molar-refractivity contribution >= 4 is 5.91 Å². The average molecular weight is 314 g/mol. The van der Waals surface area contributed by atoms with E-state index < -0.39 is 0 Å². The van der Waals surface area contributed by atoms with Crippen molar-refractivity contribution in [2.75, 3.05) is 13.1 Å². The van der Waals surface area contributed by atoms with E-state index in [9.17, 15) is 4.79 Å². The van der Waals surface area contributed by atoms with Crippen LogP contribution in [0.4, 0.5) is 0 Å². The predicted octanol–water partition coefficient (Wildman–Crippen LogP) is 3.55. The van der Waals surface area contributed by atoms with E-state index in [0.717, 1.165) is 38.8 Å². The minimum atomic E-state index is 0.239. The highest BCUT2D eigenvalue weighted by Gasteiger charge is 2.33. The van der Waals surface area contributed by atoms with Gasteiger partial charge in [0.15, 0.2) is 0 Å². The summed E-state index contributed by atoms with van der Waals surface area (Å²) in [5.41, 5.74) is 7.57. The van der Waals surface area contributed by atoms with Gasteiger partial charge in [0.25, 0.3) is 0 Å². The van der Waals surface area contributed by atoms with Crippen molar-refractivity contribution in [1.82, 2.24) is 4.90 Å². The van der Waals surface area contributed by atoms with Crippen LogP contribution in [0.5, 0.6) is 0 Å². The predicted molar refractivity (Wildman–Crippen MR) is 94.1 cm³/mol. The van der Waals surface area contributed by atoms with E-state index in [-0.39, 0.29) is 6.04 Å². The fraction of sp³-hybridized carbons (Fsp3) is 0.650. The number of hydrogen-bond acceptors (Lipinski definition) is 2. The zero-order chi connectivity index (χ0) is 16.2. The maximum absolute atomic E-state index is 12.7. The first kappa shape index (κ1) is 16.5. The minimum Gasteiger partial charge on any atom is -0.342 e. The molecule has 4 atom stereocenters. The average Bonchev–Trinajstić information content (AvgIpc) is 3.00. The van der Waals surface area contributed by atoms with E-state index in [1.165, 1.54) is 12.0 Å². The van der Waals surface area contributed by atoms with Gasteiger partial charge in [0, 0.05) is 25.6 Å². The Bertz CT molecular complexity index is 516. The molecule has 1 saturated carbocycles. The highest BCUT2D eigenvalue weighted by Crippen LogP contribution is 2.36. The molecule has 2 fully saturated rings. The van der Waals surface area contributed by atoms with E-state index in [2.05, 4.69) is 42.2 Å². The van der Waals surface area contributed by atoms with Crippen molar-refractivity contribution in [2.24, 2.45) is 17.6 Å². The van der Waals surface area contributed by atoms with Gasteiger partial charge in [0.05, 0.1) is 0 Å². The number of nitrogens with two attached hydrogens (primary N) is 1. The first-order chi connectivity index (χ1) is 11.2. The fourth-order valence-electron chi connectivity index (χ4n) is 4.48. The summed E-state index contributed by atoms with van der Waals surface area (Å²) < 4.78 is 0. The zero-order valence-corrected chi connectivity index (χ0v) is 14.3. The highest BCUT2D eigenvalue weighted by atomic mass is 16.2. The molecule has 1 aliphatic carbocycles. The first-order valence-electron chi connectivity index (χ1n) is 9.27. The maximum Gasteiger partial charge on any atom is 0.222 e. The van der Waals surface area contributed by atoms with Crippen LogP contribution >= 0.6 is 0 Å². The molecule has 3 nitrogen and oxygen atoms in total. The molecular weight excluding hydrogens is 284 g/mol. The number of likely N-dealkylation sites (tertiary alicyclic amines) is 1. The fourth-order valence-corrected chi connectivity index (χ4v) is 4.48. The van der Waals surface area contributed by atoms with Crippen LogP contribution in [0.2, 0.25) is 0 Å². The van der Waals surface area contributed by atoms with Crippen molar-refractivity contribution in [3.05, 3.63) is 35.9 Å². The lowest BCUT2D eigenvalue weighted by Crippen LogP contribution is -2.44. The van der Waals surface area contributed by atoms with Gasteiger partial charge in [0.2, 0.25) is 5.91 Å². The Morgan fingerprint density at radius 1 is 1.17 bits per heavy atom. The van der Waals surface area contributed by atoms with Crippen LogP contribution < -0.4 is 5.73 Å². The molecule has 0 bridgehead atoms. The van der Waals surface area contributed by atoms with Crippen molar-refractivity contribution in [3.63, 3.8) is 0 Å². The van der Waals surface area contributed by atoms with Crippen LogP contribution in [-0.2, 0) is 4.79 Å². The second kappa shape index (κ2) is 7.48. The molecule has 2 aliphatic rings. The Labute approximate surface area is 140 Å². The van der Waals surface area contributed by atoms with Gasteiger partial charge >= 0.3 is 0 Å². The Morgan fingerprint density at radius 3 is 2.61 bits per heavy atom. The molecule has 0 aromatic heterocycles. The molecule has 0 spiro atoms. The van der Waals surface area contributed by atoms with E-state index in [0.29, 0.717) is 30.1 Å². The zero-order valence-electron chi connectivity index (χ0n) is 14.3. The number of carbonyl (C=O) groups is 1. The van der Waals surface area contributed by atoms with Gasteiger partial charge in [-0.15, -0.1) is 0 Å². The molecule has 23 heavy (non-hydrogen) atoms. The Morgan fingerprint density at radius 2 is 1.96 bits per heavy atom. The number of piperidine rings is 1. The standard InChI is InChI=1S/C20H30N2O/c1-2-15-14-22(20(23)13-17-9-6-10-19(17)21)12-11-18(15)16-7-4-3-5-8-16/h3-5,7-8,15,17-19H,2,6,9-14,21H2,1H3/t15?,17-,18?,19+/m0/s1. The van der Waals surface area contributed by atoms with Gasteiger partial charge in [-0.25, -0.2) is 0 Å². The quantitative estimate of drug-likeness (QED) is 0.924. The van der Waals surface area contributed by atoms with Crippen molar-refractivity contribution < 1.29 is 4.79 Å². The van der Waals surface area contributed by atoms with Gasteiger partial charge in [0.1, 0.15) is 0 Å². The second-order valence-corrected chi connectivity index (χ2v) is 7.37. The van der Waals surface area contributed by atoms with Gasteiger partial charge < -0.3 is 10.6 Å². The molecule has 2 unspecified atom stereocenters. The number of benzene rings is 1. The molecule has 0 radical (unpaired) electrons. The summed E-state index contributed by atoms with van der Waals surface area (Å²) in [4.78, 5) is 14.8. The lowest BCUT2D eigenvalue weighted by Gasteiger charge is -2.39. The lowest BCUT2D eigenvalue weighted by atomic mass is 9.79. The Kier molecular flexibility index (Phi) is 5.37. The molecule has 2 N–H and O–H groups in total. The summed E-state index contributed by atoms with van der Waals surface area (Å²) in [6, 6.07) is 11.0. The monoisotopic (exact) mass is 314 g/mol. The highest BCUT2D eigenvalue weighted by molar-refractivity contribution is 5.76. The van der Waals surface area contributed by atoms with Crippen LogP contribution in [0.1, 0.15) is 56.9 Å². The molecule has 126 valence electrons. The van der Waals surface area contributed by atoms with Crippen LogP contribution in [0.25, 0.3) is 0 Å². The van der Waals surface area contributed by atoms with E-state index in [4.69, 9.17) is 5.73 Å². The summed E-state index contributed by atoms with van der Waals surface area (Å²) >= 11 is 0. The molecule has 1 amide bonds. The first-order valence-corrected chi connectivity index (χ1v) is 9.27. The van der Waals surface area contributed by atoms with E-state index in [1.807, 2.05) is 0 Å². The number of carbonyl (C=O) groups excluding carboxylic acids is 1. The third-order valence-corrected chi connectivity index (χ3v) is 5.99. The molecule has 1 aromatic rings. The molecular formula is C20H30N2O. The number of nitrogens with zero attached hydrogens (tertiary/aromatic N) is 1. The Hall–Kier alpha value is -1.35. The van der Waals surface area contributed by atoms with Gasteiger partial charge in [-0.1, -0.05) is 50.1 Å². The van der Waals surface area contributed by atoms with E-state index >= 15 is 0 Å². The molecule has 1 aliphatic heterocycles. The summed E-state index contributed by atoms with van der Waals surface area (Å²) in [6.45, 7) is 4.06. The largest absolute Gasteiger partial charge is 0.342 e. The molecule has 3 rings (SSSR count). The van der Waals surface area contributed by atoms with Crippen molar-refractivity contribution in [1.29, 1.82) is 0 Å². The van der Waals surface area contributed by atoms with Crippen LogP contribution in [0, 0.1) is 11.8 Å². The van der Waals surface area contributed by atoms with Crippen LogP contribution in [-0.4, -0.2) is 29.9 Å². The summed E-state index contributed by atoms with van der Waals surface area (Å²) in [5, 5.41) is 0. The summed E-state index contributed by atoms with van der Waals surface area (Å²) in [6.07, 6.45) is 6.29. The smallest absolute Gasteiger partial charge is 0.222 e. The van der Waals surface area contributed by atoms with Gasteiger partial charge in [-0.3, -0.25) is 4.79 Å². The molecule has 3 heteroatoms. The molecule has 1 heterocycles. The lowest BCUT2D eigenvalue weighted by molar-refractivity contribution is -0.134. The minimum absolute atomic E-state index is 0.239. The molecule has 1 aromatic carbocycles. The number of hydrogen-bond donors (Lipinski definition) is 1. The number of rotatable bonds is 4. The van der Waals surface area contributed by atoms with Crippen molar-refractivity contribution in [2.45, 2.75) is 57.4 Å². The third kappa shape index (κ3) is 3.77. The van der Waals surface area contributed by atoms with Crippen LogP contribution in [0.3, 0.4) is 0 Å². The second-order valence-electron chi connectivity index (χ2n) is 7.37. The third-order valence-electron chi connectivity index (χ3n) is 5.99. The maximum atomic E-state index is 12.7. The summed E-state index contributed by atoms with van der Waals surface area (Å²) in [7, 11) is 0. The van der Waals surface area contributed by atoms with Gasteiger partial charge in [-0.05, 0) is 42.6 Å². The topological polar surface area (TPSA) is 46.3 Å². The summed E-state index contributed by atoms with van der Waals surface area (Å²) in [5.74, 6) is 1.91. The van der Waals surface area contributed by atoms with Crippen LogP contribution in [0.15, 0.2) is 30.3 Å². The molecule has 1 saturated heterocycles. The Balaban J connectivity index is 1.60. The van der Waals surface area contributed by atoms with Crippen molar-refractivity contribution in [3.8, 4) is 0 Å². The van der Waals surface area contributed by atoms with E-state index in [1.54, 1.807) is 0 Å².